The number of rotatable bonds is 0. The molecule has 0 aliphatic carbocycles. The summed E-state index contributed by atoms with van der Waals surface area (Å²) in [7, 11) is -9.28. The molecule has 8 N–H and O–H groups in total. The summed E-state index contributed by atoms with van der Waals surface area (Å²) >= 11 is 0. The van der Waals surface area contributed by atoms with E-state index in [-0.39, 0.29) is 58.0 Å². The Morgan fingerprint density at radius 2 is 1.00 bits per heavy atom. The van der Waals surface area contributed by atoms with E-state index >= 15 is 0 Å². The van der Waals surface area contributed by atoms with Gasteiger partial charge in [-0.3, -0.25) is 9.11 Å². The van der Waals surface area contributed by atoms with Crippen LogP contribution in [0.5, 0.6) is 0 Å². The predicted octanol–water partition coefficient (Wildman–Crippen LogP) is -4.38. The molecule has 0 radical (unpaired) electrons. The van der Waals surface area contributed by atoms with Gasteiger partial charge in [-0.15, -0.1) is 0 Å². The standard InChI is InChI=1S/CH2O3.Al.Ca.H2O4S.H4O4Si.5H/c2-1(3)4;;;2*1-5(2,3)4;;;;;/h(H2,2,3,4);;;(H2,1,2,3,4);1-4H;;;;;/q;;+2;;;;;;2*-1. The molecule has 0 saturated carbocycles. The van der Waals surface area contributed by atoms with Gasteiger partial charge in [-0.25, -0.2) is 4.79 Å². The van der Waals surface area contributed by atoms with Crippen LogP contribution in [-0.2, 0) is 10.4 Å². The van der Waals surface area contributed by atoms with E-state index < -0.39 is 25.6 Å². The molecule has 0 aromatic rings. The van der Waals surface area contributed by atoms with Crippen molar-refractivity contribution in [3.05, 3.63) is 0 Å². The van der Waals surface area contributed by atoms with Gasteiger partial charge in [-0.05, 0) is 0 Å². The van der Waals surface area contributed by atoms with Crippen molar-refractivity contribution in [2.24, 2.45) is 0 Å². The van der Waals surface area contributed by atoms with E-state index in [1.54, 1.807) is 0 Å². The monoisotopic (exact) mass is 328 g/mol. The minimum Gasteiger partial charge on any atom is -1.00 e. The van der Waals surface area contributed by atoms with Gasteiger partial charge < -0.3 is 32.2 Å². The molecule has 0 atom stereocenters. The molecule has 0 heterocycles. The zero-order chi connectivity index (χ0) is 12.6. The van der Waals surface area contributed by atoms with Gasteiger partial charge in [0.1, 0.15) is 0 Å². The Labute approximate surface area is 134 Å². The third-order valence-electron chi connectivity index (χ3n) is 0. The van der Waals surface area contributed by atoms with Crippen molar-refractivity contribution in [2.75, 3.05) is 0 Å². The topological polar surface area (TPSA) is 213 Å². The van der Waals surface area contributed by atoms with Crippen LogP contribution in [0.2, 0.25) is 0 Å². The molecule has 0 fully saturated rings. The Hall–Kier alpha value is 0.989. The largest absolute Gasteiger partial charge is 2.00 e. The van der Waals surface area contributed by atoms with Gasteiger partial charge in [0, 0.05) is 0 Å². The van der Waals surface area contributed by atoms with E-state index in [4.69, 9.17) is 51.7 Å². The van der Waals surface area contributed by atoms with Crippen molar-refractivity contribution in [3.8, 4) is 0 Å². The summed E-state index contributed by atoms with van der Waals surface area (Å²) in [6, 6.07) is 0. The third kappa shape index (κ3) is 3000. The maximum absolute atomic E-state index is 8.74. The molecule has 0 bridgehead atoms. The van der Waals surface area contributed by atoms with E-state index in [1.807, 2.05) is 0 Å². The molecular formula is CH13AlCaO11SSi. The number of hydrogen-bond acceptors (Lipinski definition) is 7. The molecule has 11 nitrogen and oxygen atoms in total. The first kappa shape index (κ1) is 30.2. The van der Waals surface area contributed by atoms with Crippen molar-refractivity contribution < 1.29 is 54.6 Å². The van der Waals surface area contributed by atoms with Gasteiger partial charge in [0.15, 0.2) is 17.4 Å². The Kier molecular flexibility index (Phi) is 26.5. The first-order valence-electron chi connectivity index (χ1n) is 2.24. The average Bonchev–Trinajstić information content (AvgIpc) is 1.45. The van der Waals surface area contributed by atoms with Crippen LogP contribution in [0.15, 0.2) is 0 Å². The van der Waals surface area contributed by atoms with Crippen molar-refractivity contribution in [2.45, 2.75) is 0 Å². The second-order valence-corrected chi connectivity index (χ2v) is 3.43. The van der Waals surface area contributed by atoms with E-state index in [9.17, 15) is 0 Å². The molecule has 0 saturated heterocycles. The number of carbonyl (C=O) groups is 1. The molecule has 0 rings (SSSR count). The first-order valence-corrected chi connectivity index (χ1v) is 5.43. The third-order valence-corrected chi connectivity index (χ3v) is 0. The quantitative estimate of drug-likeness (QED) is 0.157. The van der Waals surface area contributed by atoms with Gasteiger partial charge >= 0.3 is 63.3 Å². The second kappa shape index (κ2) is 14.1. The summed E-state index contributed by atoms with van der Waals surface area (Å²) in [5.74, 6) is 0. The Morgan fingerprint density at radius 1 is 1.00 bits per heavy atom. The fraction of sp³-hybridized carbons (Fsp3) is 0. The Balaban J connectivity index is -0.0000000183. The molecule has 16 heavy (non-hydrogen) atoms. The van der Waals surface area contributed by atoms with Crippen LogP contribution in [0.1, 0.15) is 2.85 Å². The zero-order valence-corrected chi connectivity index (χ0v) is 10.9. The predicted molar refractivity (Wildman–Crippen MR) is 57.4 cm³/mol. The van der Waals surface area contributed by atoms with E-state index in [0.29, 0.717) is 0 Å². The summed E-state index contributed by atoms with van der Waals surface area (Å²) in [6.07, 6.45) is -1.83. The summed E-state index contributed by atoms with van der Waals surface area (Å²) in [5.41, 5.74) is 0. The van der Waals surface area contributed by atoms with E-state index in [0.717, 1.165) is 0 Å². The molecular weight excluding hydrogens is 315 g/mol. The van der Waals surface area contributed by atoms with E-state index in [1.165, 1.54) is 0 Å². The second-order valence-electron chi connectivity index (χ2n) is 1.33. The smallest absolute Gasteiger partial charge is 1.00 e. The molecule has 0 unspecified atom stereocenters. The minimum atomic E-state index is -4.67. The van der Waals surface area contributed by atoms with Gasteiger partial charge in [0.05, 0.1) is 0 Å². The van der Waals surface area contributed by atoms with Crippen LogP contribution in [0, 0.1) is 0 Å². The summed E-state index contributed by atoms with van der Waals surface area (Å²) in [5, 5.41) is 13.9. The maximum atomic E-state index is 8.74. The van der Waals surface area contributed by atoms with Gasteiger partial charge in [-0.1, -0.05) is 0 Å². The van der Waals surface area contributed by atoms with Gasteiger partial charge in [-0.2, -0.15) is 8.42 Å². The molecule has 15 heteroatoms. The van der Waals surface area contributed by atoms with Crippen LogP contribution in [-0.4, -0.2) is 117 Å². The van der Waals surface area contributed by atoms with Crippen molar-refractivity contribution in [1.29, 1.82) is 0 Å². The van der Waals surface area contributed by atoms with Crippen LogP contribution in [0.25, 0.3) is 0 Å². The maximum Gasteiger partial charge on any atom is 2.00 e. The molecule has 0 aliphatic heterocycles. The fourth-order valence-corrected chi connectivity index (χ4v) is 0. The number of carboxylic acid groups (broad SMARTS) is 2. The average molecular weight is 328 g/mol. The normalized spacial score (nSPS) is 8.88. The van der Waals surface area contributed by atoms with Crippen LogP contribution >= 0.6 is 0 Å². The van der Waals surface area contributed by atoms with Crippen molar-refractivity contribution in [3.63, 3.8) is 0 Å². The van der Waals surface area contributed by atoms with Gasteiger partial charge in [0.2, 0.25) is 0 Å². The molecule has 0 aromatic heterocycles. The summed E-state index contributed by atoms with van der Waals surface area (Å²) in [6.45, 7) is 0. The molecule has 0 spiro atoms. The van der Waals surface area contributed by atoms with E-state index in [2.05, 4.69) is 0 Å². The van der Waals surface area contributed by atoms with Crippen molar-refractivity contribution >= 4 is 80.7 Å². The van der Waals surface area contributed by atoms with Crippen LogP contribution in [0.4, 0.5) is 4.79 Å². The van der Waals surface area contributed by atoms with Gasteiger partial charge in [0.25, 0.3) is 0 Å². The number of hydrogen-bond donors (Lipinski definition) is 8. The first-order chi connectivity index (χ1) is 5.73. The van der Waals surface area contributed by atoms with Crippen LogP contribution < -0.4 is 0 Å². The molecule has 98 valence electrons. The molecule has 0 amide bonds. The Morgan fingerprint density at radius 3 is 1.00 bits per heavy atom. The molecule has 0 aliphatic rings. The fourth-order valence-electron chi connectivity index (χ4n) is 0. The zero-order valence-electron chi connectivity index (χ0n) is 8.92. The summed E-state index contributed by atoms with van der Waals surface area (Å²) in [4.78, 5) is 37.9. The minimum absolute atomic E-state index is 0. The SMILES string of the molecule is O=C(O)O.O=S(=O)(O)O.O[Si](O)(O)O.[AlH3].[Ca+2].[H-].[H-]. The summed E-state index contributed by atoms with van der Waals surface area (Å²) < 4.78 is 31.6. The Bertz CT molecular complexity index is 234. The van der Waals surface area contributed by atoms with Crippen molar-refractivity contribution in [1.82, 2.24) is 0 Å². The molecule has 0 aromatic carbocycles. The van der Waals surface area contributed by atoms with Crippen LogP contribution in [0.3, 0.4) is 0 Å².